The summed E-state index contributed by atoms with van der Waals surface area (Å²) in [6, 6.07) is 12.9. The first-order chi connectivity index (χ1) is 13.0. The van der Waals surface area contributed by atoms with E-state index in [0.717, 1.165) is 11.3 Å². The Kier molecular flexibility index (Phi) is 7.49. The van der Waals surface area contributed by atoms with Gasteiger partial charge >= 0.3 is 0 Å². The number of ether oxygens (including phenoxy) is 2. The molecule has 0 heterocycles. The number of anilines is 2. The highest BCUT2D eigenvalue weighted by atomic mass is 16.5. The van der Waals surface area contributed by atoms with Gasteiger partial charge in [0, 0.05) is 24.8 Å². The van der Waals surface area contributed by atoms with Crippen molar-refractivity contribution in [2.24, 2.45) is 0 Å². The molecule has 7 heteroatoms. The van der Waals surface area contributed by atoms with Crippen molar-refractivity contribution in [3.8, 4) is 11.5 Å². The first kappa shape index (κ1) is 20.1. The zero-order valence-corrected chi connectivity index (χ0v) is 15.8. The van der Waals surface area contributed by atoms with Crippen LogP contribution in [0.3, 0.4) is 0 Å². The largest absolute Gasteiger partial charge is 0.493 e. The van der Waals surface area contributed by atoms with Crippen molar-refractivity contribution in [3.05, 3.63) is 48.0 Å². The summed E-state index contributed by atoms with van der Waals surface area (Å²) in [5.74, 6) is 1.13. The maximum absolute atomic E-state index is 12.0. The summed E-state index contributed by atoms with van der Waals surface area (Å²) in [5, 5.41) is 8.61. The molecule has 144 valence electrons. The zero-order chi connectivity index (χ0) is 19.6. The molecule has 0 fully saturated rings. The topological polar surface area (TPSA) is 88.7 Å². The minimum Gasteiger partial charge on any atom is -0.493 e. The first-order valence-corrected chi connectivity index (χ1v) is 8.61. The summed E-state index contributed by atoms with van der Waals surface area (Å²) >= 11 is 0. The average molecular weight is 371 g/mol. The number of methoxy groups -OCH3 is 2. The van der Waals surface area contributed by atoms with Crippen molar-refractivity contribution in [3.63, 3.8) is 0 Å². The van der Waals surface area contributed by atoms with Crippen LogP contribution in [0.4, 0.5) is 11.4 Å². The quantitative estimate of drug-likeness (QED) is 0.630. The molecule has 2 aromatic rings. The van der Waals surface area contributed by atoms with Crippen LogP contribution in [0.25, 0.3) is 0 Å². The van der Waals surface area contributed by atoms with Gasteiger partial charge in [0.05, 0.1) is 20.8 Å². The second kappa shape index (κ2) is 10.1. The molecule has 0 bridgehead atoms. The van der Waals surface area contributed by atoms with Gasteiger partial charge < -0.3 is 25.4 Å². The maximum atomic E-state index is 12.0. The lowest BCUT2D eigenvalue weighted by Crippen LogP contribution is -2.31. The summed E-state index contributed by atoms with van der Waals surface area (Å²) in [7, 11) is 3.19. The Balaban J connectivity index is 1.74. The predicted octanol–water partition coefficient (Wildman–Crippen LogP) is 2.43. The van der Waals surface area contributed by atoms with E-state index in [2.05, 4.69) is 16.0 Å². The highest BCUT2D eigenvalue weighted by Crippen LogP contribution is 2.27. The molecule has 0 saturated carbocycles. The molecular weight excluding hydrogens is 346 g/mol. The van der Waals surface area contributed by atoms with Gasteiger partial charge in [-0.1, -0.05) is 6.07 Å². The van der Waals surface area contributed by atoms with E-state index < -0.39 is 0 Å². The molecule has 0 unspecified atom stereocenters. The molecule has 0 aliphatic heterocycles. The van der Waals surface area contributed by atoms with Crippen LogP contribution in [0.2, 0.25) is 0 Å². The molecule has 2 aromatic carbocycles. The van der Waals surface area contributed by atoms with E-state index in [1.54, 1.807) is 26.4 Å². The fraction of sp³-hybridized carbons (Fsp3) is 0.300. The predicted molar refractivity (Wildman–Crippen MR) is 105 cm³/mol. The van der Waals surface area contributed by atoms with Crippen molar-refractivity contribution in [1.82, 2.24) is 5.32 Å². The normalized spacial score (nSPS) is 10.0. The Hall–Kier alpha value is -3.22. The van der Waals surface area contributed by atoms with Gasteiger partial charge in [-0.15, -0.1) is 0 Å². The van der Waals surface area contributed by atoms with E-state index in [1.807, 2.05) is 30.3 Å². The van der Waals surface area contributed by atoms with Crippen molar-refractivity contribution in [1.29, 1.82) is 0 Å². The summed E-state index contributed by atoms with van der Waals surface area (Å²) in [6.45, 7) is 2.15. The van der Waals surface area contributed by atoms with Crippen LogP contribution < -0.4 is 25.4 Å². The van der Waals surface area contributed by atoms with E-state index in [-0.39, 0.29) is 18.4 Å². The van der Waals surface area contributed by atoms with Crippen molar-refractivity contribution < 1.29 is 19.1 Å². The van der Waals surface area contributed by atoms with Gasteiger partial charge in [-0.05, 0) is 48.4 Å². The van der Waals surface area contributed by atoms with Crippen LogP contribution in [0.15, 0.2) is 42.5 Å². The monoisotopic (exact) mass is 371 g/mol. The van der Waals surface area contributed by atoms with E-state index >= 15 is 0 Å². The van der Waals surface area contributed by atoms with Gasteiger partial charge in [-0.3, -0.25) is 9.59 Å². The summed E-state index contributed by atoms with van der Waals surface area (Å²) < 4.78 is 10.5. The Bertz CT molecular complexity index is 775. The molecule has 0 atom stereocenters. The smallest absolute Gasteiger partial charge is 0.239 e. The lowest BCUT2D eigenvalue weighted by atomic mass is 10.1. The van der Waals surface area contributed by atoms with Crippen molar-refractivity contribution in [2.75, 3.05) is 37.9 Å². The summed E-state index contributed by atoms with van der Waals surface area (Å²) in [4.78, 5) is 23.0. The third-order valence-corrected chi connectivity index (χ3v) is 3.84. The number of rotatable bonds is 9. The van der Waals surface area contributed by atoms with Crippen molar-refractivity contribution >= 4 is 23.2 Å². The number of carbonyl (C=O) groups is 2. The van der Waals surface area contributed by atoms with Gasteiger partial charge in [0.1, 0.15) is 0 Å². The van der Waals surface area contributed by atoms with E-state index in [0.29, 0.717) is 30.2 Å². The SMILES string of the molecule is COc1ccc(CCNC(=O)CNc2ccc(NC(C)=O)cc2)cc1OC. The van der Waals surface area contributed by atoms with Crippen molar-refractivity contribution in [2.45, 2.75) is 13.3 Å². The van der Waals surface area contributed by atoms with Crippen LogP contribution in [0, 0.1) is 0 Å². The Labute approximate surface area is 159 Å². The molecular formula is C20H25N3O4. The summed E-state index contributed by atoms with van der Waals surface area (Å²) in [6.07, 6.45) is 0.692. The minimum absolute atomic E-state index is 0.0959. The highest BCUT2D eigenvalue weighted by Gasteiger charge is 2.06. The fourth-order valence-corrected chi connectivity index (χ4v) is 2.50. The minimum atomic E-state index is -0.121. The van der Waals surface area contributed by atoms with Gasteiger partial charge in [-0.2, -0.15) is 0 Å². The molecule has 2 amide bonds. The van der Waals surface area contributed by atoms with Crippen LogP contribution in [0.5, 0.6) is 11.5 Å². The standard InChI is InChI=1S/C20H25N3O4/c1-14(24)23-17-7-5-16(6-8-17)22-13-20(25)21-11-10-15-4-9-18(26-2)19(12-15)27-3/h4-9,12,22H,10-11,13H2,1-3H3,(H,21,25)(H,23,24). The molecule has 7 nitrogen and oxygen atoms in total. The van der Waals surface area contributed by atoms with Crippen LogP contribution in [0.1, 0.15) is 12.5 Å². The van der Waals surface area contributed by atoms with Crippen LogP contribution in [-0.2, 0) is 16.0 Å². The van der Waals surface area contributed by atoms with Crippen LogP contribution >= 0.6 is 0 Å². The first-order valence-electron chi connectivity index (χ1n) is 8.61. The Morgan fingerprint density at radius 1 is 0.926 bits per heavy atom. The Morgan fingerprint density at radius 3 is 2.22 bits per heavy atom. The lowest BCUT2D eigenvalue weighted by Gasteiger charge is -2.11. The van der Waals surface area contributed by atoms with Gasteiger partial charge in [0.15, 0.2) is 11.5 Å². The molecule has 2 rings (SSSR count). The molecule has 0 radical (unpaired) electrons. The van der Waals surface area contributed by atoms with Crippen LogP contribution in [-0.4, -0.2) is 39.1 Å². The summed E-state index contributed by atoms with van der Waals surface area (Å²) in [5.41, 5.74) is 2.57. The second-order valence-corrected chi connectivity index (χ2v) is 5.90. The second-order valence-electron chi connectivity index (χ2n) is 5.90. The third-order valence-electron chi connectivity index (χ3n) is 3.84. The molecule has 27 heavy (non-hydrogen) atoms. The number of benzene rings is 2. The maximum Gasteiger partial charge on any atom is 0.239 e. The molecule has 0 aromatic heterocycles. The molecule has 0 saturated heterocycles. The molecule has 0 aliphatic rings. The number of nitrogens with one attached hydrogen (secondary N) is 3. The molecule has 0 spiro atoms. The van der Waals surface area contributed by atoms with E-state index in [1.165, 1.54) is 6.92 Å². The number of hydrogen-bond donors (Lipinski definition) is 3. The third kappa shape index (κ3) is 6.54. The Morgan fingerprint density at radius 2 is 1.59 bits per heavy atom. The zero-order valence-electron chi connectivity index (χ0n) is 15.8. The van der Waals surface area contributed by atoms with Gasteiger partial charge in [0.2, 0.25) is 11.8 Å². The van der Waals surface area contributed by atoms with E-state index in [4.69, 9.17) is 9.47 Å². The fourth-order valence-electron chi connectivity index (χ4n) is 2.50. The van der Waals surface area contributed by atoms with E-state index in [9.17, 15) is 9.59 Å². The number of hydrogen-bond acceptors (Lipinski definition) is 5. The number of carbonyl (C=O) groups excluding carboxylic acids is 2. The average Bonchev–Trinajstić information content (AvgIpc) is 2.67. The molecule has 0 aliphatic carbocycles. The van der Waals surface area contributed by atoms with Gasteiger partial charge in [-0.25, -0.2) is 0 Å². The van der Waals surface area contributed by atoms with Gasteiger partial charge in [0.25, 0.3) is 0 Å². The highest BCUT2D eigenvalue weighted by molar-refractivity contribution is 5.88. The lowest BCUT2D eigenvalue weighted by molar-refractivity contribution is -0.119. The molecule has 3 N–H and O–H groups in total. The number of amides is 2.